The van der Waals surface area contributed by atoms with E-state index in [0.717, 1.165) is 12.1 Å². The molecule has 2 heteroatoms. The first kappa shape index (κ1) is 6.62. The molecular weight excluding hydrogens is 124 g/mol. The Bertz CT molecular complexity index is 116. The summed E-state index contributed by atoms with van der Waals surface area (Å²) in [5.74, 6) is 0. The van der Waals surface area contributed by atoms with Crippen LogP contribution >= 0.6 is 0 Å². The first-order valence-corrected chi connectivity index (χ1v) is 4.38. The average Bonchev–Trinajstić information content (AvgIpc) is 2.58. The van der Waals surface area contributed by atoms with Gasteiger partial charge in [0.2, 0.25) is 0 Å². The first-order valence-electron chi connectivity index (χ1n) is 4.38. The van der Waals surface area contributed by atoms with Crippen molar-refractivity contribution in [3.05, 3.63) is 0 Å². The monoisotopic (exact) mass is 140 g/mol. The van der Waals surface area contributed by atoms with Gasteiger partial charge in [-0.1, -0.05) is 6.92 Å². The highest BCUT2D eigenvalue weighted by Gasteiger charge is 2.34. The Kier molecular flexibility index (Phi) is 1.66. The molecule has 0 unspecified atom stereocenters. The highest BCUT2D eigenvalue weighted by atomic mass is 15.3. The summed E-state index contributed by atoms with van der Waals surface area (Å²) in [7, 11) is 0. The molecule has 58 valence electrons. The van der Waals surface area contributed by atoms with Crippen LogP contribution in [0.25, 0.3) is 0 Å². The fraction of sp³-hybridized carbons (Fsp3) is 1.00. The van der Waals surface area contributed by atoms with Crippen LogP contribution in [-0.4, -0.2) is 36.6 Å². The molecule has 1 heterocycles. The second kappa shape index (κ2) is 2.51. The molecule has 2 nitrogen and oxygen atoms in total. The van der Waals surface area contributed by atoms with Crippen molar-refractivity contribution in [1.29, 1.82) is 0 Å². The van der Waals surface area contributed by atoms with Crippen molar-refractivity contribution in [3.63, 3.8) is 0 Å². The van der Waals surface area contributed by atoms with Crippen LogP contribution in [0.5, 0.6) is 0 Å². The Morgan fingerprint density at radius 1 is 1.30 bits per heavy atom. The predicted molar refractivity (Wildman–Crippen MR) is 42.1 cm³/mol. The topological polar surface area (TPSA) is 15.3 Å². The van der Waals surface area contributed by atoms with Crippen LogP contribution < -0.4 is 5.32 Å². The number of nitrogens with zero attached hydrogens (tertiary/aromatic N) is 1. The summed E-state index contributed by atoms with van der Waals surface area (Å²) in [4.78, 5) is 2.65. The quantitative estimate of drug-likeness (QED) is 0.612. The normalized spacial score (nSPS) is 27.0. The lowest BCUT2D eigenvalue weighted by atomic mass is 10.1. The SMILES string of the molecule is CCN(C1CC1)C1CNC1. The van der Waals surface area contributed by atoms with Crippen molar-refractivity contribution in [3.8, 4) is 0 Å². The third kappa shape index (κ3) is 1.06. The van der Waals surface area contributed by atoms with Gasteiger partial charge in [-0.3, -0.25) is 4.90 Å². The smallest absolute Gasteiger partial charge is 0.0348 e. The molecule has 0 atom stereocenters. The van der Waals surface area contributed by atoms with Crippen LogP contribution in [0.4, 0.5) is 0 Å². The molecule has 1 saturated heterocycles. The van der Waals surface area contributed by atoms with Gasteiger partial charge in [0.05, 0.1) is 0 Å². The third-order valence-electron chi connectivity index (χ3n) is 2.61. The maximum atomic E-state index is 3.32. The minimum Gasteiger partial charge on any atom is -0.314 e. The van der Waals surface area contributed by atoms with Gasteiger partial charge in [-0.2, -0.15) is 0 Å². The maximum absolute atomic E-state index is 3.32. The van der Waals surface area contributed by atoms with Crippen molar-refractivity contribution < 1.29 is 0 Å². The van der Waals surface area contributed by atoms with E-state index < -0.39 is 0 Å². The average molecular weight is 140 g/mol. The van der Waals surface area contributed by atoms with E-state index in [-0.39, 0.29) is 0 Å². The zero-order valence-electron chi connectivity index (χ0n) is 6.64. The lowest BCUT2D eigenvalue weighted by Gasteiger charge is -2.37. The van der Waals surface area contributed by atoms with Gasteiger partial charge in [-0.25, -0.2) is 0 Å². The molecule has 1 aliphatic carbocycles. The molecule has 0 radical (unpaired) electrons. The summed E-state index contributed by atoms with van der Waals surface area (Å²) in [6, 6.07) is 1.83. The number of hydrogen-bond donors (Lipinski definition) is 1. The lowest BCUT2D eigenvalue weighted by molar-refractivity contribution is 0.144. The van der Waals surface area contributed by atoms with E-state index >= 15 is 0 Å². The van der Waals surface area contributed by atoms with Gasteiger partial charge in [0.25, 0.3) is 0 Å². The van der Waals surface area contributed by atoms with Crippen molar-refractivity contribution in [2.75, 3.05) is 19.6 Å². The molecule has 0 amide bonds. The van der Waals surface area contributed by atoms with E-state index in [9.17, 15) is 0 Å². The van der Waals surface area contributed by atoms with Gasteiger partial charge in [-0.05, 0) is 19.4 Å². The van der Waals surface area contributed by atoms with Crippen LogP contribution in [0.15, 0.2) is 0 Å². The predicted octanol–water partition coefficient (Wildman–Crippen LogP) is 0.442. The van der Waals surface area contributed by atoms with Gasteiger partial charge in [-0.15, -0.1) is 0 Å². The fourth-order valence-corrected chi connectivity index (χ4v) is 1.73. The number of rotatable bonds is 3. The standard InChI is InChI=1S/C8H16N2/c1-2-10(7-3-4-7)8-5-9-6-8/h7-9H,2-6H2,1H3. The second-order valence-electron chi connectivity index (χ2n) is 3.37. The molecule has 0 spiro atoms. The Labute approximate surface area is 62.6 Å². The summed E-state index contributed by atoms with van der Waals surface area (Å²) >= 11 is 0. The molecule has 0 aromatic rings. The van der Waals surface area contributed by atoms with Crippen molar-refractivity contribution in [1.82, 2.24) is 10.2 Å². The van der Waals surface area contributed by atoms with E-state index in [1.807, 2.05) is 0 Å². The van der Waals surface area contributed by atoms with E-state index in [0.29, 0.717) is 0 Å². The van der Waals surface area contributed by atoms with E-state index in [4.69, 9.17) is 0 Å². The number of hydrogen-bond acceptors (Lipinski definition) is 2. The van der Waals surface area contributed by atoms with Crippen LogP contribution in [0.2, 0.25) is 0 Å². The highest BCUT2D eigenvalue weighted by molar-refractivity contribution is 4.93. The zero-order valence-corrected chi connectivity index (χ0v) is 6.64. The molecule has 1 N–H and O–H groups in total. The summed E-state index contributed by atoms with van der Waals surface area (Å²) in [6.07, 6.45) is 2.90. The first-order chi connectivity index (χ1) is 4.92. The third-order valence-corrected chi connectivity index (χ3v) is 2.61. The molecule has 0 aromatic carbocycles. The number of likely N-dealkylation sites (N-methyl/N-ethyl adjacent to an activating group) is 1. The van der Waals surface area contributed by atoms with Gasteiger partial charge in [0.15, 0.2) is 0 Å². The summed E-state index contributed by atoms with van der Waals surface area (Å²) in [5, 5.41) is 3.32. The van der Waals surface area contributed by atoms with Gasteiger partial charge in [0.1, 0.15) is 0 Å². The summed E-state index contributed by atoms with van der Waals surface area (Å²) in [5.41, 5.74) is 0. The molecular formula is C8H16N2. The molecule has 10 heavy (non-hydrogen) atoms. The summed E-state index contributed by atoms with van der Waals surface area (Å²) < 4.78 is 0. The Morgan fingerprint density at radius 2 is 2.00 bits per heavy atom. The van der Waals surface area contributed by atoms with Crippen LogP contribution in [0, 0.1) is 0 Å². The second-order valence-corrected chi connectivity index (χ2v) is 3.37. The minimum atomic E-state index is 0.873. The van der Waals surface area contributed by atoms with Gasteiger partial charge in [0, 0.05) is 25.2 Å². The van der Waals surface area contributed by atoms with Crippen molar-refractivity contribution >= 4 is 0 Å². The Morgan fingerprint density at radius 3 is 2.30 bits per heavy atom. The fourth-order valence-electron chi connectivity index (χ4n) is 1.73. The molecule has 1 saturated carbocycles. The van der Waals surface area contributed by atoms with E-state index in [1.165, 1.54) is 32.5 Å². The van der Waals surface area contributed by atoms with Crippen LogP contribution in [0.3, 0.4) is 0 Å². The Hall–Kier alpha value is -0.0800. The molecule has 2 rings (SSSR count). The van der Waals surface area contributed by atoms with Crippen LogP contribution in [0.1, 0.15) is 19.8 Å². The highest BCUT2D eigenvalue weighted by Crippen LogP contribution is 2.28. The zero-order chi connectivity index (χ0) is 6.97. The maximum Gasteiger partial charge on any atom is 0.0348 e. The minimum absolute atomic E-state index is 0.873. The van der Waals surface area contributed by atoms with Gasteiger partial charge >= 0.3 is 0 Å². The molecule has 0 bridgehead atoms. The largest absolute Gasteiger partial charge is 0.314 e. The van der Waals surface area contributed by atoms with Crippen molar-refractivity contribution in [2.45, 2.75) is 31.8 Å². The molecule has 2 aliphatic rings. The van der Waals surface area contributed by atoms with Gasteiger partial charge < -0.3 is 5.32 Å². The van der Waals surface area contributed by atoms with Crippen molar-refractivity contribution in [2.24, 2.45) is 0 Å². The van der Waals surface area contributed by atoms with Crippen LogP contribution in [-0.2, 0) is 0 Å². The molecule has 0 aromatic heterocycles. The molecule has 1 aliphatic heterocycles. The van der Waals surface area contributed by atoms with E-state index in [1.54, 1.807) is 0 Å². The van der Waals surface area contributed by atoms with E-state index in [2.05, 4.69) is 17.1 Å². The number of nitrogens with one attached hydrogen (secondary N) is 1. The molecule has 2 fully saturated rings. The lowest BCUT2D eigenvalue weighted by Crippen LogP contribution is -2.57. The summed E-state index contributed by atoms with van der Waals surface area (Å²) in [6.45, 7) is 5.97. The Balaban J connectivity index is 1.84.